The Morgan fingerprint density at radius 2 is 1.79 bits per heavy atom. The maximum Gasteiger partial charge on any atom is 0.261 e. The number of halogens is 1. The van der Waals surface area contributed by atoms with E-state index in [1.807, 2.05) is 24.4 Å². The summed E-state index contributed by atoms with van der Waals surface area (Å²) in [6.45, 7) is 2.93. The van der Waals surface area contributed by atoms with Crippen LogP contribution in [0.4, 0.5) is 10.1 Å². The van der Waals surface area contributed by atoms with Gasteiger partial charge in [0.05, 0.1) is 17.1 Å². The van der Waals surface area contributed by atoms with Gasteiger partial charge in [-0.25, -0.2) is 12.8 Å². The number of anilines is 1. The molecule has 8 heteroatoms. The highest BCUT2D eigenvalue weighted by atomic mass is 32.2. The number of carbonyl (C=O) groups is 1. The standard InChI is InChI=1S/C20H19FN2O3S2/c1-2-23(14-16-6-5-13-27-16)20(24)15-9-11-17(12-10-15)28(25,26)22-19-8-4-3-7-18(19)21/h3-13,22H,2,14H2,1H3. The van der Waals surface area contributed by atoms with Gasteiger partial charge in [-0.15, -0.1) is 11.3 Å². The maximum absolute atomic E-state index is 13.7. The van der Waals surface area contributed by atoms with E-state index >= 15 is 0 Å². The molecule has 3 rings (SSSR count). The Hall–Kier alpha value is -2.71. The fraction of sp³-hybridized carbons (Fsp3) is 0.150. The van der Waals surface area contributed by atoms with E-state index in [9.17, 15) is 17.6 Å². The number of para-hydroxylation sites is 1. The number of thiophene rings is 1. The molecular weight excluding hydrogens is 399 g/mol. The van der Waals surface area contributed by atoms with Crippen molar-refractivity contribution >= 4 is 33.0 Å². The first-order valence-corrected chi connectivity index (χ1v) is 11.0. The highest BCUT2D eigenvalue weighted by Gasteiger charge is 2.19. The zero-order chi connectivity index (χ0) is 20.1. The van der Waals surface area contributed by atoms with E-state index in [0.29, 0.717) is 18.7 Å². The molecule has 1 heterocycles. The molecule has 1 N–H and O–H groups in total. The predicted octanol–water partition coefficient (Wildman–Crippen LogP) is 4.35. The third-order valence-corrected chi connectivity index (χ3v) is 6.37. The van der Waals surface area contributed by atoms with E-state index in [4.69, 9.17) is 0 Å². The molecule has 0 radical (unpaired) electrons. The van der Waals surface area contributed by atoms with Crippen LogP contribution >= 0.6 is 11.3 Å². The second-order valence-electron chi connectivity index (χ2n) is 6.01. The van der Waals surface area contributed by atoms with Crippen molar-refractivity contribution in [1.82, 2.24) is 4.90 Å². The SMILES string of the molecule is CCN(Cc1cccs1)C(=O)c1ccc(S(=O)(=O)Nc2ccccc2F)cc1. The molecule has 0 unspecified atom stereocenters. The minimum absolute atomic E-state index is 0.0476. The molecule has 0 bridgehead atoms. The maximum atomic E-state index is 13.7. The predicted molar refractivity (Wildman–Crippen MR) is 108 cm³/mol. The lowest BCUT2D eigenvalue weighted by Gasteiger charge is -2.20. The molecule has 0 saturated heterocycles. The first kappa shape index (κ1) is 20.0. The average Bonchev–Trinajstić information content (AvgIpc) is 3.20. The Morgan fingerprint density at radius 1 is 1.07 bits per heavy atom. The molecule has 3 aromatic rings. The summed E-state index contributed by atoms with van der Waals surface area (Å²) in [5, 5.41) is 1.95. The molecule has 0 fully saturated rings. The monoisotopic (exact) mass is 418 g/mol. The number of nitrogens with one attached hydrogen (secondary N) is 1. The van der Waals surface area contributed by atoms with Crippen LogP contribution in [0.2, 0.25) is 0 Å². The quantitative estimate of drug-likeness (QED) is 0.620. The van der Waals surface area contributed by atoms with Crippen LogP contribution in [-0.2, 0) is 16.6 Å². The summed E-state index contributed by atoms with van der Waals surface area (Å²) < 4.78 is 40.9. The van der Waals surface area contributed by atoms with E-state index in [1.165, 1.54) is 48.5 Å². The van der Waals surface area contributed by atoms with Crippen LogP contribution in [0.3, 0.4) is 0 Å². The molecule has 0 saturated carbocycles. The van der Waals surface area contributed by atoms with Crippen LogP contribution in [0.15, 0.2) is 70.9 Å². The lowest BCUT2D eigenvalue weighted by Crippen LogP contribution is -2.30. The number of benzene rings is 2. The van der Waals surface area contributed by atoms with Gasteiger partial charge in [-0.05, 0) is 54.8 Å². The Labute approximate surface area is 167 Å². The Morgan fingerprint density at radius 3 is 2.39 bits per heavy atom. The van der Waals surface area contributed by atoms with Gasteiger partial charge in [-0.3, -0.25) is 9.52 Å². The summed E-state index contributed by atoms with van der Waals surface area (Å²) in [5.41, 5.74) is 0.263. The van der Waals surface area contributed by atoms with Crippen molar-refractivity contribution in [3.63, 3.8) is 0 Å². The van der Waals surface area contributed by atoms with Crippen LogP contribution in [-0.4, -0.2) is 25.8 Å². The molecule has 2 aromatic carbocycles. The highest BCUT2D eigenvalue weighted by Crippen LogP contribution is 2.20. The van der Waals surface area contributed by atoms with Gasteiger partial charge >= 0.3 is 0 Å². The van der Waals surface area contributed by atoms with Crippen molar-refractivity contribution in [3.8, 4) is 0 Å². The number of hydrogen-bond acceptors (Lipinski definition) is 4. The van der Waals surface area contributed by atoms with Gasteiger partial charge in [0.15, 0.2) is 0 Å². The lowest BCUT2D eigenvalue weighted by molar-refractivity contribution is 0.0754. The van der Waals surface area contributed by atoms with Gasteiger partial charge < -0.3 is 4.90 Å². The van der Waals surface area contributed by atoms with Gasteiger partial charge in [0.1, 0.15) is 5.82 Å². The molecule has 0 aliphatic carbocycles. The zero-order valence-corrected chi connectivity index (χ0v) is 16.8. The summed E-state index contributed by atoms with van der Waals surface area (Å²) in [7, 11) is -3.96. The summed E-state index contributed by atoms with van der Waals surface area (Å²) in [6.07, 6.45) is 0. The van der Waals surface area contributed by atoms with Gasteiger partial charge in [0.2, 0.25) is 0 Å². The Kier molecular flexibility index (Phi) is 6.11. The smallest absolute Gasteiger partial charge is 0.261 e. The summed E-state index contributed by atoms with van der Waals surface area (Å²) in [6, 6.07) is 15.0. The van der Waals surface area contributed by atoms with Crippen LogP contribution < -0.4 is 4.72 Å². The van der Waals surface area contributed by atoms with E-state index in [-0.39, 0.29) is 16.5 Å². The van der Waals surface area contributed by atoms with Crippen molar-refractivity contribution in [2.45, 2.75) is 18.4 Å². The molecule has 0 atom stereocenters. The Bertz CT molecular complexity index is 1050. The molecule has 0 aliphatic heterocycles. The summed E-state index contributed by atoms with van der Waals surface area (Å²) in [4.78, 5) is 15.4. The minimum Gasteiger partial charge on any atom is -0.334 e. The first-order valence-electron chi connectivity index (χ1n) is 8.60. The largest absolute Gasteiger partial charge is 0.334 e. The molecule has 5 nitrogen and oxygen atoms in total. The van der Waals surface area contributed by atoms with E-state index in [0.717, 1.165) is 4.88 Å². The van der Waals surface area contributed by atoms with Crippen molar-refractivity contribution in [3.05, 3.63) is 82.3 Å². The minimum atomic E-state index is -3.96. The van der Waals surface area contributed by atoms with E-state index in [2.05, 4.69) is 4.72 Å². The number of sulfonamides is 1. The summed E-state index contributed by atoms with van der Waals surface area (Å²) >= 11 is 1.57. The number of hydrogen-bond donors (Lipinski definition) is 1. The van der Waals surface area contributed by atoms with Gasteiger partial charge in [-0.2, -0.15) is 0 Å². The lowest BCUT2D eigenvalue weighted by atomic mass is 10.2. The third-order valence-electron chi connectivity index (χ3n) is 4.13. The second-order valence-corrected chi connectivity index (χ2v) is 8.72. The molecule has 28 heavy (non-hydrogen) atoms. The van der Waals surface area contributed by atoms with Crippen molar-refractivity contribution < 1.29 is 17.6 Å². The fourth-order valence-electron chi connectivity index (χ4n) is 2.62. The number of rotatable bonds is 7. The molecule has 0 spiro atoms. The number of nitrogens with zero attached hydrogens (tertiary/aromatic N) is 1. The van der Waals surface area contributed by atoms with Crippen molar-refractivity contribution in [2.75, 3.05) is 11.3 Å². The normalized spacial score (nSPS) is 11.2. The second kappa shape index (κ2) is 8.53. The third kappa shape index (κ3) is 4.58. The van der Waals surface area contributed by atoms with Gasteiger partial charge in [-0.1, -0.05) is 18.2 Å². The molecule has 1 aromatic heterocycles. The van der Waals surface area contributed by atoms with E-state index in [1.54, 1.807) is 16.2 Å². The van der Waals surface area contributed by atoms with Gasteiger partial charge in [0.25, 0.3) is 15.9 Å². The Balaban J connectivity index is 1.76. The highest BCUT2D eigenvalue weighted by molar-refractivity contribution is 7.92. The van der Waals surface area contributed by atoms with Crippen LogP contribution in [0.1, 0.15) is 22.2 Å². The van der Waals surface area contributed by atoms with Crippen molar-refractivity contribution in [1.29, 1.82) is 0 Å². The van der Waals surface area contributed by atoms with E-state index < -0.39 is 15.8 Å². The molecule has 146 valence electrons. The van der Waals surface area contributed by atoms with Crippen LogP contribution in [0.25, 0.3) is 0 Å². The van der Waals surface area contributed by atoms with Crippen LogP contribution in [0, 0.1) is 5.82 Å². The van der Waals surface area contributed by atoms with Gasteiger partial charge in [0, 0.05) is 17.0 Å². The molecule has 1 amide bonds. The number of amides is 1. The number of carbonyl (C=O) groups excluding carboxylic acids is 1. The average molecular weight is 419 g/mol. The van der Waals surface area contributed by atoms with Crippen molar-refractivity contribution in [2.24, 2.45) is 0 Å². The first-order chi connectivity index (χ1) is 13.4. The molecular formula is C20H19FN2O3S2. The fourth-order valence-corrected chi connectivity index (χ4v) is 4.41. The summed E-state index contributed by atoms with van der Waals surface area (Å²) in [5.74, 6) is -0.841. The zero-order valence-electron chi connectivity index (χ0n) is 15.1. The topological polar surface area (TPSA) is 66.5 Å². The van der Waals surface area contributed by atoms with Crippen LogP contribution in [0.5, 0.6) is 0 Å². The molecule has 0 aliphatic rings.